The van der Waals surface area contributed by atoms with E-state index in [1.165, 1.54) is 18.9 Å². The highest BCUT2D eigenvalue weighted by Gasteiger charge is 2.41. The van der Waals surface area contributed by atoms with Crippen molar-refractivity contribution in [2.24, 2.45) is 5.92 Å². The fourth-order valence-corrected chi connectivity index (χ4v) is 3.62. The van der Waals surface area contributed by atoms with Crippen molar-refractivity contribution in [3.8, 4) is 0 Å². The zero-order valence-corrected chi connectivity index (χ0v) is 12.8. The lowest BCUT2D eigenvalue weighted by Crippen LogP contribution is -2.54. The summed E-state index contributed by atoms with van der Waals surface area (Å²) in [4.78, 5) is 0. The molecule has 1 fully saturated rings. The molecule has 1 aliphatic rings. The molecule has 2 nitrogen and oxygen atoms in total. The molecule has 1 aromatic rings. The monoisotopic (exact) mass is 279 g/mol. The van der Waals surface area contributed by atoms with E-state index in [-0.39, 0.29) is 17.5 Å². The molecule has 1 aromatic carbocycles. The Balaban J connectivity index is 2.19. The van der Waals surface area contributed by atoms with Crippen molar-refractivity contribution in [1.29, 1.82) is 0 Å². The summed E-state index contributed by atoms with van der Waals surface area (Å²) in [5.41, 5.74) is 0.593. The SMILES string of the molecule is CNC(Cc1ccccc1F)C1(OC)CCCC(C)C1. The Morgan fingerprint density at radius 1 is 1.45 bits per heavy atom. The largest absolute Gasteiger partial charge is 0.377 e. The van der Waals surface area contributed by atoms with Gasteiger partial charge in [-0.3, -0.25) is 0 Å². The topological polar surface area (TPSA) is 21.3 Å². The van der Waals surface area contributed by atoms with Gasteiger partial charge in [-0.05, 0) is 43.9 Å². The molecule has 112 valence electrons. The van der Waals surface area contributed by atoms with Crippen LogP contribution in [0, 0.1) is 11.7 Å². The number of halogens is 1. The van der Waals surface area contributed by atoms with Gasteiger partial charge in [-0.1, -0.05) is 38.0 Å². The highest BCUT2D eigenvalue weighted by atomic mass is 19.1. The van der Waals surface area contributed by atoms with E-state index < -0.39 is 0 Å². The van der Waals surface area contributed by atoms with E-state index in [0.717, 1.165) is 18.4 Å². The maximum Gasteiger partial charge on any atom is 0.126 e. The van der Waals surface area contributed by atoms with Crippen molar-refractivity contribution < 1.29 is 9.13 Å². The average Bonchev–Trinajstić information content (AvgIpc) is 2.46. The number of benzene rings is 1. The molecule has 0 aromatic heterocycles. The lowest BCUT2D eigenvalue weighted by molar-refractivity contribution is -0.0776. The van der Waals surface area contributed by atoms with Gasteiger partial charge in [-0.15, -0.1) is 0 Å². The number of hydrogen-bond acceptors (Lipinski definition) is 2. The lowest BCUT2D eigenvalue weighted by atomic mass is 9.73. The van der Waals surface area contributed by atoms with Crippen LogP contribution >= 0.6 is 0 Å². The molecule has 1 N–H and O–H groups in total. The molecular formula is C17H26FNO. The molecule has 0 spiro atoms. The standard InChI is InChI=1S/C17H26FNO/c1-13-7-6-10-17(12-13,20-3)16(19-2)11-14-8-4-5-9-15(14)18/h4-5,8-9,13,16,19H,6-7,10-12H2,1-3H3. The van der Waals surface area contributed by atoms with Gasteiger partial charge < -0.3 is 10.1 Å². The number of likely N-dealkylation sites (N-methyl/N-ethyl adjacent to an activating group) is 1. The molecule has 1 aliphatic carbocycles. The highest BCUT2D eigenvalue weighted by molar-refractivity contribution is 5.19. The normalized spacial score (nSPS) is 28.3. The maximum atomic E-state index is 13.9. The predicted molar refractivity (Wildman–Crippen MR) is 80.3 cm³/mol. The molecule has 0 saturated heterocycles. The predicted octanol–water partition coefficient (Wildman–Crippen LogP) is 3.55. The zero-order chi connectivity index (χ0) is 14.6. The average molecular weight is 279 g/mol. The molecule has 3 heteroatoms. The summed E-state index contributed by atoms with van der Waals surface area (Å²) in [6.45, 7) is 2.28. The highest BCUT2D eigenvalue weighted by Crippen LogP contribution is 2.38. The molecule has 0 amide bonds. The summed E-state index contributed by atoms with van der Waals surface area (Å²) >= 11 is 0. The van der Waals surface area contributed by atoms with Gasteiger partial charge in [-0.25, -0.2) is 4.39 Å². The Morgan fingerprint density at radius 3 is 2.80 bits per heavy atom. The molecular weight excluding hydrogens is 253 g/mol. The van der Waals surface area contributed by atoms with E-state index in [9.17, 15) is 4.39 Å². The number of rotatable bonds is 5. The minimum Gasteiger partial charge on any atom is -0.377 e. The summed E-state index contributed by atoms with van der Waals surface area (Å²) < 4.78 is 19.8. The molecule has 0 heterocycles. The summed E-state index contributed by atoms with van der Waals surface area (Å²) in [5.74, 6) is 0.544. The summed E-state index contributed by atoms with van der Waals surface area (Å²) in [7, 11) is 3.75. The van der Waals surface area contributed by atoms with Crippen LogP contribution in [0.25, 0.3) is 0 Å². The molecule has 0 radical (unpaired) electrons. The van der Waals surface area contributed by atoms with Crippen LogP contribution in [0.3, 0.4) is 0 Å². The first-order chi connectivity index (χ1) is 9.61. The van der Waals surface area contributed by atoms with Crippen LogP contribution in [0.2, 0.25) is 0 Å². The second-order valence-corrected chi connectivity index (χ2v) is 6.11. The number of methoxy groups -OCH3 is 1. The third kappa shape index (κ3) is 3.21. The van der Waals surface area contributed by atoms with Crippen LogP contribution < -0.4 is 5.32 Å². The van der Waals surface area contributed by atoms with Gasteiger partial charge in [-0.2, -0.15) is 0 Å². The maximum absolute atomic E-state index is 13.9. The number of ether oxygens (including phenoxy) is 1. The summed E-state index contributed by atoms with van der Waals surface area (Å²) in [5, 5.41) is 3.37. The Bertz CT molecular complexity index is 437. The molecule has 0 aliphatic heterocycles. The van der Waals surface area contributed by atoms with Crippen molar-refractivity contribution in [1.82, 2.24) is 5.32 Å². The van der Waals surface area contributed by atoms with E-state index >= 15 is 0 Å². The molecule has 1 saturated carbocycles. The third-order valence-electron chi connectivity index (χ3n) is 4.76. The van der Waals surface area contributed by atoms with Crippen molar-refractivity contribution in [2.45, 2.75) is 50.7 Å². The van der Waals surface area contributed by atoms with E-state index in [4.69, 9.17) is 4.74 Å². The van der Waals surface area contributed by atoms with Crippen LogP contribution in [0.4, 0.5) is 4.39 Å². The third-order valence-corrected chi connectivity index (χ3v) is 4.76. The first kappa shape index (κ1) is 15.5. The van der Waals surface area contributed by atoms with Crippen molar-refractivity contribution in [3.05, 3.63) is 35.6 Å². The fourth-order valence-electron chi connectivity index (χ4n) is 3.62. The van der Waals surface area contributed by atoms with E-state index in [1.54, 1.807) is 13.2 Å². The molecule has 3 unspecified atom stereocenters. The second kappa shape index (κ2) is 6.68. The molecule has 2 rings (SSSR count). The van der Waals surface area contributed by atoms with Crippen LogP contribution in [-0.2, 0) is 11.2 Å². The fraction of sp³-hybridized carbons (Fsp3) is 0.647. The molecule has 3 atom stereocenters. The minimum absolute atomic E-state index is 0.122. The van der Waals surface area contributed by atoms with Gasteiger partial charge in [0.05, 0.1) is 5.60 Å². The van der Waals surface area contributed by atoms with Gasteiger partial charge in [0, 0.05) is 13.2 Å². The van der Waals surface area contributed by atoms with Crippen LogP contribution in [0.15, 0.2) is 24.3 Å². The molecule has 0 bridgehead atoms. The lowest BCUT2D eigenvalue weighted by Gasteiger charge is -2.44. The first-order valence-electron chi connectivity index (χ1n) is 7.57. The smallest absolute Gasteiger partial charge is 0.126 e. The van der Waals surface area contributed by atoms with Crippen molar-refractivity contribution in [2.75, 3.05) is 14.2 Å². The Morgan fingerprint density at radius 2 is 2.20 bits per heavy atom. The van der Waals surface area contributed by atoms with Crippen LogP contribution in [-0.4, -0.2) is 25.8 Å². The zero-order valence-electron chi connectivity index (χ0n) is 12.8. The van der Waals surface area contributed by atoms with Gasteiger partial charge >= 0.3 is 0 Å². The quantitative estimate of drug-likeness (QED) is 0.890. The number of hydrogen-bond donors (Lipinski definition) is 1. The van der Waals surface area contributed by atoms with E-state index in [1.807, 2.05) is 19.2 Å². The summed E-state index contributed by atoms with van der Waals surface area (Å²) in [6, 6.07) is 7.18. The van der Waals surface area contributed by atoms with Crippen LogP contribution in [0.1, 0.15) is 38.2 Å². The van der Waals surface area contributed by atoms with E-state index in [2.05, 4.69) is 12.2 Å². The van der Waals surface area contributed by atoms with Crippen molar-refractivity contribution >= 4 is 0 Å². The Labute approximate surface area is 121 Å². The minimum atomic E-state index is -0.172. The Kier molecular flexibility index (Phi) is 5.17. The van der Waals surface area contributed by atoms with Gasteiger partial charge in [0.15, 0.2) is 0 Å². The first-order valence-corrected chi connectivity index (χ1v) is 7.57. The van der Waals surface area contributed by atoms with Gasteiger partial charge in [0.2, 0.25) is 0 Å². The van der Waals surface area contributed by atoms with Crippen molar-refractivity contribution in [3.63, 3.8) is 0 Å². The Hall–Kier alpha value is -0.930. The second-order valence-electron chi connectivity index (χ2n) is 6.11. The van der Waals surface area contributed by atoms with E-state index in [0.29, 0.717) is 12.3 Å². The summed E-state index contributed by atoms with van der Waals surface area (Å²) in [6.07, 6.45) is 5.21. The van der Waals surface area contributed by atoms with Gasteiger partial charge in [0.25, 0.3) is 0 Å². The van der Waals surface area contributed by atoms with Crippen LogP contribution in [0.5, 0.6) is 0 Å². The van der Waals surface area contributed by atoms with Gasteiger partial charge in [0.1, 0.15) is 5.82 Å². The molecule has 20 heavy (non-hydrogen) atoms. The number of nitrogens with one attached hydrogen (secondary N) is 1.